The standard InChI is InChI=1S/C32H29FN2O5/c1-18-13-21(33)14-19(2)29(18)40-27-12-11-20(32(3,4)38)15-23(27)25-17-35(5)30(36)28-24(25)16-26(34-28)31(37)39-22-9-7-6-8-10-22/h6-17,34,38H,1-5H3. The Labute approximate surface area is 230 Å². The summed E-state index contributed by atoms with van der Waals surface area (Å²) in [6, 6.07) is 18.3. The summed E-state index contributed by atoms with van der Waals surface area (Å²) in [4.78, 5) is 29.0. The van der Waals surface area contributed by atoms with E-state index in [1.165, 1.54) is 16.7 Å². The first-order valence-corrected chi connectivity index (χ1v) is 12.7. The van der Waals surface area contributed by atoms with Crippen LogP contribution in [0.1, 0.15) is 41.0 Å². The number of para-hydroxylation sites is 1. The summed E-state index contributed by atoms with van der Waals surface area (Å²) in [6.07, 6.45) is 1.66. The second kappa shape index (κ2) is 10.1. The molecule has 0 unspecified atom stereocenters. The number of nitrogens with zero attached hydrogens (tertiary/aromatic N) is 1. The molecular weight excluding hydrogens is 511 g/mol. The topological polar surface area (TPSA) is 93.5 Å². The van der Waals surface area contributed by atoms with Gasteiger partial charge in [-0.15, -0.1) is 0 Å². The predicted molar refractivity (Wildman–Crippen MR) is 152 cm³/mol. The number of nitrogens with one attached hydrogen (secondary N) is 1. The smallest absolute Gasteiger partial charge is 0.360 e. The maximum absolute atomic E-state index is 14.0. The van der Waals surface area contributed by atoms with Crippen molar-refractivity contribution in [2.24, 2.45) is 7.05 Å². The number of fused-ring (bicyclic) bond motifs is 1. The number of aliphatic hydroxyl groups is 1. The van der Waals surface area contributed by atoms with E-state index >= 15 is 0 Å². The van der Waals surface area contributed by atoms with Crippen LogP contribution in [0.25, 0.3) is 22.0 Å². The van der Waals surface area contributed by atoms with Gasteiger partial charge in [0.1, 0.15) is 34.3 Å². The van der Waals surface area contributed by atoms with Gasteiger partial charge >= 0.3 is 5.97 Å². The lowest BCUT2D eigenvalue weighted by atomic mass is 9.93. The highest BCUT2D eigenvalue weighted by Gasteiger charge is 2.23. The fourth-order valence-corrected chi connectivity index (χ4v) is 4.69. The molecule has 2 aromatic heterocycles. The number of aromatic amines is 1. The summed E-state index contributed by atoms with van der Waals surface area (Å²) in [7, 11) is 1.61. The lowest BCUT2D eigenvalue weighted by molar-refractivity contribution is 0.0728. The van der Waals surface area contributed by atoms with Crippen molar-refractivity contribution < 1.29 is 23.8 Å². The number of rotatable bonds is 6. The van der Waals surface area contributed by atoms with Crippen molar-refractivity contribution in [2.45, 2.75) is 33.3 Å². The van der Waals surface area contributed by atoms with Crippen LogP contribution in [-0.2, 0) is 12.6 Å². The quantitative estimate of drug-likeness (QED) is 0.189. The monoisotopic (exact) mass is 540 g/mol. The molecule has 0 aliphatic rings. The Kier molecular flexibility index (Phi) is 6.81. The van der Waals surface area contributed by atoms with E-state index in [1.54, 1.807) is 89.5 Å². The zero-order valence-corrected chi connectivity index (χ0v) is 22.8. The Balaban J connectivity index is 1.70. The third-order valence-corrected chi connectivity index (χ3v) is 6.75. The Morgan fingerprint density at radius 3 is 2.30 bits per heavy atom. The number of esters is 1. The number of carbonyl (C=O) groups is 1. The number of halogens is 1. The van der Waals surface area contributed by atoms with Gasteiger partial charge in [0.25, 0.3) is 5.56 Å². The van der Waals surface area contributed by atoms with Crippen LogP contribution in [-0.4, -0.2) is 20.6 Å². The van der Waals surface area contributed by atoms with Crippen molar-refractivity contribution in [3.63, 3.8) is 0 Å². The van der Waals surface area contributed by atoms with Crippen LogP contribution in [0, 0.1) is 19.7 Å². The van der Waals surface area contributed by atoms with Crippen LogP contribution >= 0.6 is 0 Å². The van der Waals surface area contributed by atoms with Crippen LogP contribution in [0.3, 0.4) is 0 Å². The molecule has 0 radical (unpaired) electrons. The lowest BCUT2D eigenvalue weighted by Gasteiger charge is -2.22. The van der Waals surface area contributed by atoms with E-state index < -0.39 is 11.6 Å². The minimum Gasteiger partial charge on any atom is -0.456 e. The first-order chi connectivity index (χ1) is 18.9. The van der Waals surface area contributed by atoms with Crippen LogP contribution in [0.4, 0.5) is 4.39 Å². The van der Waals surface area contributed by atoms with Crippen molar-refractivity contribution in [2.75, 3.05) is 0 Å². The average molecular weight is 541 g/mol. The first-order valence-electron chi connectivity index (χ1n) is 12.7. The summed E-state index contributed by atoms with van der Waals surface area (Å²) >= 11 is 0. The molecule has 40 heavy (non-hydrogen) atoms. The number of hydrogen-bond acceptors (Lipinski definition) is 5. The maximum Gasteiger partial charge on any atom is 0.360 e. The zero-order chi connectivity index (χ0) is 28.8. The van der Waals surface area contributed by atoms with Gasteiger partial charge in [-0.25, -0.2) is 9.18 Å². The van der Waals surface area contributed by atoms with Gasteiger partial charge in [-0.3, -0.25) is 4.79 Å². The number of ether oxygens (including phenoxy) is 2. The Bertz CT molecular complexity index is 1790. The first kappa shape index (κ1) is 26.9. The third-order valence-electron chi connectivity index (χ3n) is 6.75. The van der Waals surface area contributed by atoms with E-state index in [-0.39, 0.29) is 22.6 Å². The summed E-state index contributed by atoms with van der Waals surface area (Å²) in [6.45, 7) is 6.87. The average Bonchev–Trinajstić information content (AvgIpc) is 3.34. The number of hydrogen-bond donors (Lipinski definition) is 2. The van der Waals surface area contributed by atoms with E-state index in [0.29, 0.717) is 50.5 Å². The zero-order valence-electron chi connectivity index (χ0n) is 22.8. The molecule has 7 nitrogen and oxygen atoms in total. The molecule has 204 valence electrons. The van der Waals surface area contributed by atoms with Crippen LogP contribution < -0.4 is 15.0 Å². The van der Waals surface area contributed by atoms with Crippen molar-refractivity contribution in [1.82, 2.24) is 9.55 Å². The lowest BCUT2D eigenvalue weighted by Crippen LogP contribution is -2.17. The van der Waals surface area contributed by atoms with Gasteiger partial charge in [0.05, 0.1) is 5.60 Å². The van der Waals surface area contributed by atoms with Crippen LogP contribution in [0.5, 0.6) is 17.2 Å². The van der Waals surface area contributed by atoms with E-state index in [2.05, 4.69) is 4.98 Å². The minimum atomic E-state index is -1.17. The molecular formula is C32H29FN2O5. The highest BCUT2D eigenvalue weighted by atomic mass is 19.1. The van der Waals surface area contributed by atoms with Crippen molar-refractivity contribution >= 4 is 16.9 Å². The van der Waals surface area contributed by atoms with Gasteiger partial charge in [-0.1, -0.05) is 24.3 Å². The minimum absolute atomic E-state index is 0.106. The molecule has 0 saturated heterocycles. The van der Waals surface area contributed by atoms with Gasteiger partial charge in [-0.05, 0) is 86.8 Å². The molecule has 3 aromatic carbocycles. The highest BCUT2D eigenvalue weighted by molar-refractivity contribution is 6.02. The molecule has 0 aliphatic heterocycles. The van der Waals surface area contributed by atoms with Crippen LogP contribution in [0.15, 0.2) is 77.7 Å². The number of aryl methyl sites for hydroxylation is 3. The molecule has 2 heterocycles. The number of aromatic nitrogens is 2. The molecule has 0 fully saturated rings. The molecule has 5 aromatic rings. The van der Waals surface area contributed by atoms with Crippen molar-refractivity contribution in [1.29, 1.82) is 0 Å². The molecule has 0 saturated carbocycles. The highest BCUT2D eigenvalue weighted by Crippen LogP contribution is 2.41. The summed E-state index contributed by atoms with van der Waals surface area (Å²) < 4.78 is 27.2. The van der Waals surface area contributed by atoms with E-state index in [0.717, 1.165) is 0 Å². The molecule has 0 atom stereocenters. The number of benzene rings is 3. The molecule has 0 amide bonds. The largest absolute Gasteiger partial charge is 0.456 e. The van der Waals surface area contributed by atoms with Crippen molar-refractivity contribution in [3.05, 3.63) is 111 Å². The van der Waals surface area contributed by atoms with E-state index in [4.69, 9.17) is 9.47 Å². The van der Waals surface area contributed by atoms with Gasteiger partial charge in [0.2, 0.25) is 0 Å². The van der Waals surface area contributed by atoms with Crippen molar-refractivity contribution in [3.8, 4) is 28.4 Å². The molecule has 2 N–H and O–H groups in total. The summed E-state index contributed by atoms with van der Waals surface area (Å²) in [5.74, 6) is 0.302. The van der Waals surface area contributed by atoms with Gasteiger partial charge in [-0.2, -0.15) is 0 Å². The molecule has 0 bridgehead atoms. The maximum atomic E-state index is 14.0. The van der Waals surface area contributed by atoms with Gasteiger partial charge in [0, 0.05) is 29.8 Å². The predicted octanol–water partition coefficient (Wildman–Crippen LogP) is 6.53. The Morgan fingerprint density at radius 1 is 0.975 bits per heavy atom. The Hall–Kier alpha value is -4.69. The van der Waals surface area contributed by atoms with E-state index in [9.17, 15) is 19.1 Å². The van der Waals surface area contributed by atoms with Gasteiger partial charge in [0.15, 0.2) is 0 Å². The molecule has 5 rings (SSSR count). The summed E-state index contributed by atoms with van der Waals surface area (Å²) in [5, 5.41) is 11.3. The number of H-pyrrole nitrogens is 1. The SMILES string of the molecule is Cc1cc(F)cc(C)c1Oc1ccc(C(C)(C)O)cc1-c1cn(C)c(=O)c2[nH]c(C(=O)Oc3ccccc3)cc12. The number of carbonyl (C=O) groups excluding carboxylic acids is 1. The second-order valence-corrected chi connectivity index (χ2v) is 10.4. The summed E-state index contributed by atoms with van der Waals surface area (Å²) in [5.41, 5.74) is 1.84. The van der Waals surface area contributed by atoms with E-state index in [1.807, 2.05) is 6.07 Å². The number of pyridine rings is 1. The van der Waals surface area contributed by atoms with Gasteiger partial charge < -0.3 is 24.1 Å². The fourth-order valence-electron chi connectivity index (χ4n) is 4.69. The third kappa shape index (κ3) is 5.13. The molecule has 8 heteroatoms. The normalized spacial score (nSPS) is 11.6. The second-order valence-electron chi connectivity index (χ2n) is 10.4. The van der Waals surface area contributed by atoms with Crippen LogP contribution in [0.2, 0.25) is 0 Å². The fraction of sp³-hybridized carbons (Fsp3) is 0.188. The Morgan fingerprint density at radius 2 is 1.65 bits per heavy atom. The molecule has 0 spiro atoms. The molecule has 0 aliphatic carbocycles.